The molecule has 1 heterocycles. The Balaban J connectivity index is 1.91. The SMILES string of the molecule is CCCN1CCCC(N[C@H](C)c2ccccc2OC)CC1. The molecule has 0 radical (unpaired) electrons. The molecule has 2 rings (SSSR count). The fraction of sp³-hybridized carbons (Fsp3) is 0.667. The zero-order chi connectivity index (χ0) is 15.1. The molecule has 1 fully saturated rings. The summed E-state index contributed by atoms with van der Waals surface area (Å²) in [4.78, 5) is 2.61. The molecule has 3 heteroatoms. The van der Waals surface area contributed by atoms with Crippen LogP contribution < -0.4 is 10.1 Å². The summed E-state index contributed by atoms with van der Waals surface area (Å²) >= 11 is 0. The molecule has 1 N–H and O–H groups in total. The Morgan fingerprint density at radius 3 is 2.86 bits per heavy atom. The van der Waals surface area contributed by atoms with E-state index in [0.717, 1.165) is 5.75 Å². The number of methoxy groups -OCH3 is 1. The van der Waals surface area contributed by atoms with E-state index in [1.54, 1.807) is 7.11 Å². The monoisotopic (exact) mass is 290 g/mol. The summed E-state index contributed by atoms with van der Waals surface area (Å²) in [5.41, 5.74) is 1.26. The maximum atomic E-state index is 5.48. The average Bonchev–Trinajstić information content (AvgIpc) is 2.73. The molecule has 118 valence electrons. The highest BCUT2D eigenvalue weighted by atomic mass is 16.5. The Morgan fingerprint density at radius 1 is 1.29 bits per heavy atom. The third kappa shape index (κ3) is 4.72. The van der Waals surface area contributed by atoms with Gasteiger partial charge in [-0.3, -0.25) is 0 Å². The van der Waals surface area contributed by atoms with Crippen molar-refractivity contribution in [1.29, 1.82) is 0 Å². The van der Waals surface area contributed by atoms with Crippen molar-refractivity contribution in [3.05, 3.63) is 29.8 Å². The summed E-state index contributed by atoms with van der Waals surface area (Å²) in [6.07, 6.45) is 5.09. The van der Waals surface area contributed by atoms with Gasteiger partial charge in [0.15, 0.2) is 0 Å². The lowest BCUT2D eigenvalue weighted by Crippen LogP contribution is -2.33. The van der Waals surface area contributed by atoms with Gasteiger partial charge in [-0.25, -0.2) is 0 Å². The van der Waals surface area contributed by atoms with Gasteiger partial charge in [0.1, 0.15) is 5.75 Å². The van der Waals surface area contributed by atoms with Crippen LogP contribution >= 0.6 is 0 Å². The maximum absolute atomic E-state index is 5.48. The van der Waals surface area contributed by atoms with Gasteiger partial charge in [0, 0.05) is 17.6 Å². The second kappa shape index (κ2) is 8.40. The normalized spacial score (nSPS) is 21.8. The van der Waals surface area contributed by atoms with Crippen LogP contribution in [0.15, 0.2) is 24.3 Å². The van der Waals surface area contributed by atoms with Crippen LogP contribution in [0, 0.1) is 0 Å². The molecule has 1 aliphatic rings. The number of hydrogen-bond donors (Lipinski definition) is 1. The summed E-state index contributed by atoms with van der Waals surface area (Å²) in [5, 5.41) is 3.81. The molecule has 0 saturated carbocycles. The van der Waals surface area contributed by atoms with Gasteiger partial charge in [-0.05, 0) is 58.3 Å². The zero-order valence-electron chi connectivity index (χ0n) is 13.8. The standard InChI is InChI=1S/C18H30N2O/c1-4-12-20-13-7-8-16(11-14-20)19-15(2)17-9-5-6-10-18(17)21-3/h5-6,9-10,15-16,19H,4,7-8,11-14H2,1-3H3/t15-,16?/m1/s1. The minimum atomic E-state index is 0.337. The number of hydrogen-bond acceptors (Lipinski definition) is 3. The molecule has 1 aromatic rings. The summed E-state index contributed by atoms with van der Waals surface area (Å²) < 4.78 is 5.48. The third-order valence-corrected chi connectivity index (χ3v) is 4.45. The number of likely N-dealkylation sites (tertiary alicyclic amines) is 1. The average molecular weight is 290 g/mol. The Morgan fingerprint density at radius 2 is 2.10 bits per heavy atom. The molecule has 3 nitrogen and oxygen atoms in total. The van der Waals surface area contributed by atoms with Gasteiger partial charge in [0.05, 0.1) is 7.11 Å². The van der Waals surface area contributed by atoms with Crippen LogP contribution in [0.5, 0.6) is 5.75 Å². The molecule has 1 unspecified atom stereocenters. The second-order valence-corrected chi connectivity index (χ2v) is 6.10. The first kappa shape index (κ1) is 16.3. The van der Waals surface area contributed by atoms with Crippen molar-refractivity contribution in [2.75, 3.05) is 26.7 Å². The van der Waals surface area contributed by atoms with Crippen molar-refractivity contribution in [2.45, 2.75) is 51.6 Å². The van der Waals surface area contributed by atoms with Crippen LogP contribution in [0.1, 0.15) is 51.1 Å². The number of nitrogens with one attached hydrogen (secondary N) is 1. The molecule has 1 saturated heterocycles. The fourth-order valence-corrected chi connectivity index (χ4v) is 3.33. The minimum Gasteiger partial charge on any atom is -0.496 e. The first-order valence-electron chi connectivity index (χ1n) is 8.36. The van der Waals surface area contributed by atoms with Crippen LogP contribution in [0.3, 0.4) is 0 Å². The fourth-order valence-electron chi connectivity index (χ4n) is 3.33. The number of nitrogens with zero attached hydrogens (tertiary/aromatic N) is 1. The van der Waals surface area contributed by atoms with Gasteiger partial charge >= 0.3 is 0 Å². The van der Waals surface area contributed by atoms with Crippen molar-refractivity contribution in [1.82, 2.24) is 10.2 Å². The van der Waals surface area contributed by atoms with Crippen LogP contribution in [0.4, 0.5) is 0 Å². The van der Waals surface area contributed by atoms with E-state index in [-0.39, 0.29) is 0 Å². The lowest BCUT2D eigenvalue weighted by atomic mass is 10.0. The highest BCUT2D eigenvalue weighted by Gasteiger charge is 2.19. The van der Waals surface area contributed by atoms with Crippen molar-refractivity contribution in [3.8, 4) is 5.75 Å². The van der Waals surface area contributed by atoms with Gasteiger partial charge in [-0.2, -0.15) is 0 Å². The summed E-state index contributed by atoms with van der Waals surface area (Å²) in [6.45, 7) is 8.24. The number of ether oxygens (including phenoxy) is 1. The van der Waals surface area contributed by atoms with Gasteiger partial charge in [-0.15, -0.1) is 0 Å². The van der Waals surface area contributed by atoms with E-state index in [2.05, 4.69) is 36.2 Å². The largest absolute Gasteiger partial charge is 0.496 e. The van der Waals surface area contributed by atoms with E-state index in [1.807, 2.05) is 12.1 Å². The highest BCUT2D eigenvalue weighted by molar-refractivity contribution is 5.35. The predicted octanol–water partition coefficient (Wildman–Crippen LogP) is 3.61. The molecule has 0 aromatic heterocycles. The summed E-state index contributed by atoms with van der Waals surface area (Å²) in [7, 11) is 1.75. The second-order valence-electron chi connectivity index (χ2n) is 6.10. The molecule has 1 aromatic carbocycles. The predicted molar refractivity (Wildman–Crippen MR) is 88.9 cm³/mol. The number of benzene rings is 1. The van der Waals surface area contributed by atoms with E-state index >= 15 is 0 Å². The van der Waals surface area contributed by atoms with Crippen molar-refractivity contribution in [3.63, 3.8) is 0 Å². The van der Waals surface area contributed by atoms with Gasteiger partial charge < -0.3 is 15.0 Å². The molecule has 1 aliphatic heterocycles. The smallest absolute Gasteiger partial charge is 0.123 e. The molecule has 0 amide bonds. The van der Waals surface area contributed by atoms with Crippen LogP contribution in [-0.2, 0) is 0 Å². The first-order valence-corrected chi connectivity index (χ1v) is 8.36. The van der Waals surface area contributed by atoms with Crippen molar-refractivity contribution < 1.29 is 4.74 Å². The third-order valence-electron chi connectivity index (χ3n) is 4.45. The van der Waals surface area contributed by atoms with Crippen LogP contribution in [0.2, 0.25) is 0 Å². The van der Waals surface area contributed by atoms with E-state index in [4.69, 9.17) is 4.74 Å². The van der Waals surface area contributed by atoms with E-state index < -0.39 is 0 Å². The molecular weight excluding hydrogens is 260 g/mol. The van der Waals surface area contributed by atoms with Crippen molar-refractivity contribution in [2.24, 2.45) is 0 Å². The molecular formula is C18H30N2O. The van der Waals surface area contributed by atoms with E-state index in [1.165, 1.54) is 50.9 Å². The van der Waals surface area contributed by atoms with E-state index in [0.29, 0.717) is 12.1 Å². The first-order chi connectivity index (χ1) is 10.2. The lowest BCUT2D eigenvalue weighted by Gasteiger charge is -2.24. The zero-order valence-corrected chi connectivity index (χ0v) is 13.8. The molecule has 0 spiro atoms. The quantitative estimate of drug-likeness (QED) is 0.866. The van der Waals surface area contributed by atoms with Gasteiger partial charge in [0.25, 0.3) is 0 Å². The number of para-hydroxylation sites is 1. The Hall–Kier alpha value is -1.06. The Bertz CT molecular complexity index is 421. The van der Waals surface area contributed by atoms with E-state index in [9.17, 15) is 0 Å². The topological polar surface area (TPSA) is 24.5 Å². The maximum Gasteiger partial charge on any atom is 0.123 e. The summed E-state index contributed by atoms with van der Waals surface area (Å²) in [5.74, 6) is 0.985. The molecule has 0 bridgehead atoms. The number of rotatable bonds is 6. The highest BCUT2D eigenvalue weighted by Crippen LogP contribution is 2.25. The Kier molecular flexibility index (Phi) is 6.52. The summed E-state index contributed by atoms with van der Waals surface area (Å²) in [6, 6.07) is 9.28. The van der Waals surface area contributed by atoms with Crippen LogP contribution in [-0.4, -0.2) is 37.7 Å². The molecule has 21 heavy (non-hydrogen) atoms. The van der Waals surface area contributed by atoms with Gasteiger partial charge in [-0.1, -0.05) is 25.1 Å². The minimum absolute atomic E-state index is 0.337. The molecule has 2 atom stereocenters. The van der Waals surface area contributed by atoms with Crippen molar-refractivity contribution >= 4 is 0 Å². The lowest BCUT2D eigenvalue weighted by molar-refractivity contribution is 0.281. The van der Waals surface area contributed by atoms with Gasteiger partial charge in [0.2, 0.25) is 0 Å². The Labute approximate surface area is 129 Å². The molecule has 0 aliphatic carbocycles. The van der Waals surface area contributed by atoms with Crippen LogP contribution in [0.25, 0.3) is 0 Å².